The largest absolute Gasteiger partial charge is 0.483 e. The Morgan fingerprint density at radius 3 is 3.14 bits per heavy atom. The minimum absolute atomic E-state index is 0.0657. The van der Waals surface area contributed by atoms with E-state index in [1.165, 1.54) is 5.56 Å². The number of aromatic nitrogens is 3. The van der Waals surface area contributed by atoms with Crippen molar-refractivity contribution >= 4 is 33.2 Å². The van der Waals surface area contributed by atoms with Crippen molar-refractivity contribution in [2.75, 3.05) is 6.54 Å². The average Bonchev–Trinajstić information content (AvgIpc) is 3.43. The molecular formula is C21H17ClN4OS. The number of aromatic amines is 1. The van der Waals surface area contributed by atoms with Gasteiger partial charge in [-0.1, -0.05) is 11.6 Å². The Kier molecular flexibility index (Phi) is 3.72. The lowest BCUT2D eigenvalue weighted by Gasteiger charge is -2.16. The van der Waals surface area contributed by atoms with Gasteiger partial charge in [0.15, 0.2) is 0 Å². The Balaban J connectivity index is 1.46. The third-order valence-corrected chi connectivity index (χ3v) is 6.73. The Morgan fingerprint density at radius 1 is 1.21 bits per heavy atom. The van der Waals surface area contributed by atoms with Crippen LogP contribution in [-0.4, -0.2) is 21.7 Å². The van der Waals surface area contributed by atoms with Crippen LogP contribution < -0.4 is 10.1 Å². The summed E-state index contributed by atoms with van der Waals surface area (Å²) in [6.45, 7) is 1.81. The lowest BCUT2D eigenvalue weighted by Crippen LogP contribution is -2.24. The highest BCUT2D eigenvalue weighted by molar-refractivity contribution is 7.17. The van der Waals surface area contributed by atoms with Gasteiger partial charge < -0.3 is 10.1 Å². The highest BCUT2D eigenvalue weighted by Gasteiger charge is 2.32. The molecule has 28 heavy (non-hydrogen) atoms. The van der Waals surface area contributed by atoms with Gasteiger partial charge in [0.2, 0.25) is 0 Å². The third kappa shape index (κ3) is 2.49. The van der Waals surface area contributed by atoms with Crippen LogP contribution >= 0.6 is 22.9 Å². The van der Waals surface area contributed by atoms with Gasteiger partial charge in [-0.15, -0.1) is 11.3 Å². The molecule has 2 N–H and O–H groups in total. The second-order valence-electron chi connectivity index (χ2n) is 7.23. The predicted molar refractivity (Wildman–Crippen MR) is 111 cm³/mol. The number of nitrogens with one attached hydrogen (secondary N) is 2. The number of nitrogens with zero attached hydrogens (tertiary/aromatic N) is 2. The van der Waals surface area contributed by atoms with Crippen molar-refractivity contribution in [1.82, 2.24) is 20.5 Å². The van der Waals surface area contributed by atoms with Gasteiger partial charge in [-0.25, -0.2) is 0 Å². The van der Waals surface area contributed by atoms with E-state index >= 15 is 0 Å². The van der Waals surface area contributed by atoms with Gasteiger partial charge in [0.05, 0.1) is 21.6 Å². The van der Waals surface area contributed by atoms with E-state index in [-0.39, 0.29) is 6.10 Å². The first-order chi connectivity index (χ1) is 13.8. The fraction of sp³-hybridized carbons (Fsp3) is 0.238. The fourth-order valence-corrected chi connectivity index (χ4v) is 5.40. The third-order valence-electron chi connectivity index (χ3n) is 5.58. The number of hydrogen-bond donors (Lipinski definition) is 2. The zero-order valence-corrected chi connectivity index (χ0v) is 16.5. The first kappa shape index (κ1) is 16.5. The number of benzene rings is 1. The molecule has 0 amide bonds. The van der Waals surface area contributed by atoms with Crippen molar-refractivity contribution in [3.8, 4) is 16.9 Å². The van der Waals surface area contributed by atoms with E-state index < -0.39 is 0 Å². The molecule has 6 rings (SSSR count). The molecule has 4 aromatic rings. The quantitative estimate of drug-likeness (QED) is 0.506. The van der Waals surface area contributed by atoms with Crippen molar-refractivity contribution in [3.63, 3.8) is 0 Å². The van der Waals surface area contributed by atoms with E-state index in [9.17, 15) is 0 Å². The Bertz CT molecular complexity index is 1210. The van der Waals surface area contributed by atoms with E-state index in [1.54, 1.807) is 11.3 Å². The molecule has 0 radical (unpaired) electrons. The lowest BCUT2D eigenvalue weighted by molar-refractivity contribution is 0.232. The summed E-state index contributed by atoms with van der Waals surface area (Å²) in [5.41, 5.74) is 7.78. The first-order valence-electron chi connectivity index (χ1n) is 9.36. The molecule has 0 saturated heterocycles. The first-order valence-corrected chi connectivity index (χ1v) is 10.6. The van der Waals surface area contributed by atoms with Crippen LogP contribution in [0.2, 0.25) is 5.02 Å². The zero-order chi connectivity index (χ0) is 18.7. The molecule has 0 bridgehead atoms. The van der Waals surface area contributed by atoms with Gasteiger partial charge in [-0.05, 0) is 29.6 Å². The summed E-state index contributed by atoms with van der Waals surface area (Å²) in [5, 5.41) is 14.0. The van der Waals surface area contributed by atoms with E-state index in [2.05, 4.69) is 25.9 Å². The molecule has 1 atom stereocenters. The predicted octanol–water partition coefficient (Wildman–Crippen LogP) is 4.66. The number of ether oxygens (including phenoxy) is 1. The standard InChI is InChI=1S/C21H17ClN4OS/c22-12-7-11-8-18(19-15-10-23-4-2-16(15)25-26-19)27-20(11)14(9-12)13-1-5-24-17-3-6-28-21(13)17/h1,3,5-7,9,18,23H,2,4,8,10H2,(H,25,26). The molecule has 0 aliphatic carbocycles. The Hall–Kier alpha value is -2.41. The Labute approximate surface area is 170 Å². The van der Waals surface area contributed by atoms with Crippen molar-refractivity contribution in [3.05, 3.63) is 63.4 Å². The van der Waals surface area contributed by atoms with Gasteiger partial charge >= 0.3 is 0 Å². The van der Waals surface area contributed by atoms with Crippen molar-refractivity contribution in [2.45, 2.75) is 25.5 Å². The normalized spacial score (nSPS) is 18.1. The summed E-state index contributed by atoms with van der Waals surface area (Å²) in [6, 6.07) is 8.11. The topological polar surface area (TPSA) is 62.8 Å². The molecule has 1 unspecified atom stereocenters. The molecule has 2 aliphatic rings. The van der Waals surface area contributed by atoms with E-state index in [4.69, 9.17) is 16.3 Å². The van der Waals surface area contributed by atoms with Crippen molar-refractivity contribution < 1.29 is 4.74 Å². The number of pyridine rings is 1. The molecular weight excluding hydrogens is 392 g/mol. The maximum atomic E-state index is 6.51. The summed E-state index contributed by atoms with van der Waals surface area (Å²) >= 11 is 8.19. The fourth-order valence-electron chi connectivity index (χ4n) is 4.28. The lowest BCUT2D eigenvalue weighted by atomic mass is 9.99. The van der Waals surface area contributed by atoms with Gasteiger partial charge in [-0.3, -0.25) is 10.1 Å². The van der Waals surface area contributed by atoms with E-state index in [0.717, 1.165) is 75.0 Å². The van der Waals surface area contributed by atoms with Crippen LogP contribution in [0.5, 0.6) is 5.75 Å². The molecule has 0 saturated carbocycles. The number of H-pyrrole nitrogens is 1. The van der Waals surface area contributed by atoms with Crippen LogP contribution in [0.1, 0.15) is 28.6 Å². The molecule has 5 heterocycles. The maximum absolute atomic E-state index is 6.51. The second kappa shape index (κ2) is 6.30. The van der Waals surface area contributed by atoms with Gasteiger partial charge in [0, 0.05) is 59.4 Å². The van der Waals surface area contributed by atoms with Crippen molar-refractivity contribution in [2.24, 2.45) is 0 Å². The van der Waals surface area contributed by atoms with Crippen LogP contribution in [0.15, 0.2) is 35.8 Å². The number of fused-ring (bicyclic) bond motifs is 3. The summed E-state index contributed by atoms with van der Waals surface area (Å²) in [4.78, 5) is 4.46. The van der Waals surface area contributed by atoms with E-state index in [0.29, 0.717) is 0 Å². The number of halogens is 1. The second-order valence-corrected chi connectivity index (χ2v) is 8.59. The minimum atomic E-state index is -0.0657. The van der Waals surface area contributed by atoms with Crippen LogP contribution in [0.3, 0.4) is 0 Å². The summed E-state index contributed by atoms with van der Waals surface area (Å²) in [7, 11) is 0. The van der Waals surface area contributed by atoms with Gasteiger partial charge in [0.25, 0.3) is 0 Å². The number of thiophene rings is 1. The van der Waals surface area contributed by atoms with Crippen LogP contribution in [0.25, 0.3) is 21.3 Å². The monoisotopic (exact) mass is 408 g/mol. The Morgan fingerprint density at radius 2 is 2.18 bits per heavy atom. The van der Waals surface area contributed by atoms with Gasteiger partial charge in [0.1, 0.15) is 11.9 Å². The molecule has 5 nitrogen and oxygen atoms in total. The average molecular weight is 409 g/mol. The smallest absolute Gasteiger partial charge is 0.144 e. The van der Waals surface area contributed by atoms with Crippen LogP contribution in [-0.2, 0) is 19.4 Å². The van der Waals surface area contributed by atoms with Crippen molar-refractivity contribution in [1.29, 1.82) is 0 Å². The van der Waals surface area contributed by atoms with Crippen LogP contribution in [0, 0.1) is 0 Å². The zero-order valence-electron chi connectivity index (χ0n) is 15.0. The molecule has 0 fully saturated rings. The van der Waals surface area contributed by atoms with Gasteiger partial charge in [-0.2, -0.15) is 5.10 Å². The maximum Gasteiger partial charge on any atom is 0.144 e. The summed E-state index contributed by atoms with van der Waals surface area (Å²) in [5.74, 6) is 0.919. The number of hydrogen-bond acceptors (Lipinski definition) is 5. The highest BCUT2D eigenvalue weighted by Crippen LogP contribution is 2.47. The molecule has 140 valence electrons. The number of rotatable bonds is 2. The molecule has 2 aliphatic heterocycles. The molecule has 7 heteroatoms. The minimum Gasteiger partial charge on any atom is -0.483 e. The van der Waals surface area contributed by atoms with Crippen LogP contribution in [0.4, 0.5) is 0 Å². The SMILES string of the molecule is Clc1cc2c(c(-c3ccnc4ccsc34)c1)OC(c1[nH]nc3c1CNCC3)C2. The molecule has 0 spiro atoms. The molecule has 1 aromatic carbocycles. The summed E-state index contributed by atoms with van der Waals surface area (Å²) in [6.07, 6.45) is 3.52. The molecule has 3 aromatic heterocycles. The highest BCUT2D eigenvalue weighted by atomic mass is 35.5. The summed E-state index contributed by atoms with van der Waals surface area (Å²) < 4.78 is 7.66. The van der Waals surface area contributed by atoms with E-state index in [1.807, 2.05) is 30.5 Å².